The Morgan fingerprint density at radius 1 is 1.07 bits per heavy atom. The third-order valence-corrected chi connectivity index (χ3v) is 4.62. The van der Waals surface area contributed by atoms with Crippen molar-refractivity contribution >= 4 is 28.5 Å². The highest BCUT2D eigenvalue weighted by Crippen LogP contribution is 2.26. The lowest BCUT2D eigenvalue weighted by Crippen LogP contribution is -2.07. The smallest absolute Gasteiger partial charge is 0.227 e. The third-order valence-electron chi connectivity index (χ3n) is 4.62. The van der Waals surface area contributed by atoms with Crippen LogP contribution in [0.2, 0.25) is 0 Å². The van der Waals surface area contributed by atoms with Gasteiger partial charge in [0.15, 0.2) is 5.65 Å². The van der Waals surface area contributed by atoms with Crippen molar-refractivity contribution < 1.29 is 4.74 Å². The number of nitrogens with one attached hydrogen (secondary N) is 2. The zero-order chi connectivity index (χ0) is 19.5. The number of anilines is 3. The topological polar surface area (TPSA) is 76.9 Å². The van der Waals surface area contributed by atoms with Gasteiger partial charge in [0.1, 0.15) is 11.6 Å². The van der Waals surface area contributed by atoms with Crippen LogP contribution >= 0.6 is 0 Å². The number of nitrogens with zero attached hydrogens (tertiary/aromatic N) is 4. The van der Waals surface area contributed by atoms with Crippen LogP contribution in [0.3, 0.4) is 0 Å². The lowest BCUT2D eigenvalue weighted by Gasteiger charge is -2.12. The summed E-state index contributed by atoms with van der Waals surface area (Å²) in [5, 5.41) is 11.9. The maximum Gasteiger partial charge on any atom is 0.227 e. The van der Waals surface area contributed by atoms with Crippen LogP contribution in [0.4, 0.5) is 17.5 Å². The van der Waals surface area contributed by atoms with E-state index >= 15 is 0 Å². The van der Waals surface area contributed by atoms with Crippen LogP contribution in [-0.2, 0) is 13.6 Å². The second-order valence-corrected chi connectivity index (χ2v) is 6.54. The van der Waals surface area contributed by atoms with Crippen molar-refractivity contribution in [3.63, 3.8) is 0 Å². The maximum absolute atomic E-state index is 5.31. The molecule has 0 aliphatic rings. The zero-order valence-corrected chi connectivity index (χ0v) is 16.1. The summed E-state index contributed by atoms with van der Waals surface area (Å²) in [5.41, 5.74) is 4.07. The Kier molecular flexibility index (Phi) is 4.80. The Labute approximate surface area is 163 Å². The standard InChI is InChI=1S/C21H22N6O/c1-14-7-4-5-8-15(14)12-22-21-25-19(18-13-23-27(2)20(18)26-21)24-16-9-6-10-17(11-16)28-3/h4-11,13H,12H2,1-3H3,(H2,22,24,25,26). The first-order valence-corrected chi connectivity index (χ1v) is 9.03. The Bertz CT molecular complexity index is 1120. The molecule has 28 heavy (non-hydrogen) atoms. The van der Waals surface area contributed by atoms with Gasteiger partial charge in [0.2, 0.25) is 5.95 Å². The van der Waals surface area contributed by atoms with Crippen LogP contribution in [0.5, 0.6) is 5.75 Å². The lowest BCUT2D eigenvalue weighted by molar-refractivity contribution is 0.415. The van der Waals surface area contributed by atoms with Crippen LogP contribution in [0.15, 0.2) is 54.7 Å². The van der Waals surface area contributed by atoms with Gasteiger partial charge in [-0.3, -0.25) is 4.68 Å². The Morgan fingerprint density at radius 3 is 2.75 bits per heavy atom. The fraction of sp³-hybridized carbons (Fsp3) is 0.190. The molecule has 142 valence electrons. The van der Waals surface area contributed by atoms with Gasteiger partial charge in [0, 0.05) is 25.3 Å². The number of aromatic nitrogens is 4. The van der Waals surface area contributed by atoms with Gasteiger partial charge < -0.3 is 15.4 Å². The van der Waals surface area contributed by atoms with E-state index in [0.29, 0.717) is 18.3 Å². The fourth-order valence-electron chi connectivity index (χ4n) is 3.02. The molecule has 0 saturated heterocycles. The molecule has 0 bridgehead atoms. The molecule has 0 unspecified atom stereocenters. The molecular formula is C21H22N6O. The summed E-state index contributed by atoms with van der Waals surface area (Å²) in [6.45, 7) is 2.74. The first-order valence-electron chi connectivity index (χ1n) is 9.03. The van der Waals surface area contributed by atoms with Gasteiger partial charge in [0.05, 0.1) is 18.7 Å². The van der Waals surface area contributed by atoms with E-state index in [1.807, 2.05) is 43.4 Å². The number of ether oxygens (including phenoxy) is 1. The Balaban J connectivity index is 1.66. The van der Waals surface area contributed by atoms with Gasteiger partial charge in [0.25, 0.3) is 0 Å². The summed E-state index contributed by atoms with van der Waals surface area (Å²) < 4.78 is 7.05. The molecule has 0 spiro atoms. The van der Waals surface area contributed by atoms with E-state index in [1.165, 1.54) is 11.1 Å². The van der Waals surface area contributed by atoms with E-state index in [4.69, 9.17) is 4.74 Å². The summed E-state index contributed by atoms with van der Waals surface area (Å²) in [6, 6.07) is 16.0. The molecule has 0 aliphatic carbocycles. The second-order valence-electron chi connectivity index (χ2n) is 6.54. The molecule has 2 N–H and O–H groups in total. The normalized spacial score (nSPS) is 10.8. The Hall–Kier alpha value is -3.61. The van der Waals surface area contributed by atoms with Crippen LogP contribution in [0.25, 0.3) is 11.0 Å². The number of hydrogen-bond donors (Lipinski definition) is 2. The summed E-state index contributed by atoms with van der Waals surface area (Å²) >= 11 is 0. The molecule has 0 fully saturated rings. The minimum atomic E-state index is 0.546. The monoisotopic (exact) mass is 374 g/mol. The van der Waals surface area contributed by atoms with Gasteiger partial charge in [-0.2, -0.15) is 15.1 Å². The van der Waals surface area contributed by atoms with E-state index in [9.17, 15) is 0 Å². The van der Waals surface area contributed by atoms with Crippen molar-refractivity contribution in [1.82, 2.24) is 19.7 Å². The quantitative estimate of drug-likeness (QED) is 0.530. The van der Waals surface area contributed by atoms with Crippen LogP contribution < -0.4 is 15.4 Å². The molecular weight excluding hydrogens is 352 g/mol. The molecule has 0 aliphatic heterocycles. The van der Waals surface area contributed by atoms with Crippen molar-refractivity contribution in [3.05, 3.63) is 65.9 Å². The van der Waals surface area contributed by atoms with Crippen LogP contribution in [-0.4, -0.2) is 26.9 Å². The molecule has 0 radical (unpaired) electrons. The van der Waals surface area contributed by atoms with Crippen LogP contribution in [0, 0.1) is 6.92 Å². The summed E-state index contributed by atoms with van der Waals surface area (Å²) in [6.07, 6.45) is 1.77. The lowest BCUT2D eigenvalue weighted by atomic mass is 10.1. The molecule has 2 aromatic heterocycles. The molecule has 7 nitrogen and oxygen atoms in total. The minimum Gasteiger partial charge on any atom is -0.497 e. The molecule has 4 aromatic rings. The van der Waals surface area contributed by atoms with Gasteiger partial charge in [-0.25, -0.2) is 0 Å². The van der Waals surface area contributed by atoms with Crippen molar-refractivity contribution in [3.8, 4) is 5.75 Å². The maximum atomic E-state index is 5.31. The molecule has 0 saturated carbocycles. The third kappa shape index (κ3) is 3.59. The molecule has 0 atom stereocenters. The van der Waals surface area contributed by atoms with E-state index in [2.05, 4.69) is 44.8 Å². The van der Waals surface area contributed by atoms with Crippen molar-refractivity contribution in [2.75, 3.05) is 17.7 Å². The van der Waals surface area contributed by atoms with E-state index in [-0.39, 0.29) is 0 Å². The van der Waals surface area contributed by atoms with Crippen molar-refractivity contribution in [1.29, 1.82) is 0 Å². The van der Waals surface area contributed by atoms with Gasteiger partial charge in [-0.05, 0) is 30.2 Å². The number of benzene rings is 2. The van der Waals surface area contributed by atoms with Crippen molar-refractivity contribution in [2.24, 2.45) is 7.05 Å². The largest absolute Gasteiger partial charge is 0.497 e. The highest BCUT2D eigenvalue weighted by Gasteiger charge is 2.12. The number of fused-ring (bicyclic) bond motifs is 1. The molecule has 2 heterocycles. The van der Waals surface area contributed by atoms with Crippen molar-refractivity contribution in [2.45, 2.75) is 13.5 Å². The number of aryl methyl sites for hydroxylation is 2. The van der Waals surface area contributed by atoms with E-state index in [1.54, 1.807) is 18.0 Å². The Morgan fingerprint density at radius 2 is 1.93 bits per heavy atom. The average molecular weight is 374 g/mol. The SMILES string of the molecule is COc1cccc(Nc2nc(NCc3ccccc3C)nc3c2cnn3C)c1. The average Bonchev–Trinajstić information content (AvgIpc) is 3.09. The highest BCUT2D eigenvalue weighted by molar-refractivity contribution is 5.89. The van der Waals surface area contributed by atoms with Gasteiger partial charge >= 0.3 is 0 Å². The number of hydrogen-bond acceptors (Lipinski definition) is 6. The fourth-order valence-corrected chi connectivity index (χ4v) is 3.02. The number of rotatable bonds is 6. The van der Waals surface area contributed by atoms with Gasteiger partial charge in [-0.15, -0.1) is 0 Å². The highest BCUT2D eigenvalue weighted by atomic mass is 16.5. The minimum absolute atomic E-state index is 0.546. The predicted octanol–water partition coefficient (Wildman–Crippen LogP) is 4.04. The second kappa shape index (κ2) is 7.56. The van der Waals surface area contributed by atoms with E-state index < -0.39 is 0 Å². The first-order chi connectivity index (χ1) is 13.6. The predicted molar refractivity (Wildman–Crippen MR) is 111 cm³/mol. The molecule has 2 aromatic carbocycles. The first kappa shape index (κ1) is 17.8. The molecule has 4 rings (SSSR count). The summed E-state index contributed by atoms with van der Waals surface area (Å²) in [7, 11) is 3.52. The van der Waals surface area contributed by atoms with E-state index in [0.717, 1.165) is 22.5 Å². The van der Waals surface area contributed by atoms with Gasteiger partial charge in [-0.1, -0.05) is 30.3 Å². The zero-order valence-electron chi connectivity index (χ0n) is 16.1. The summed E-state index contributed by atoms with van der Waals surface area (Å²) in [4.78, 5) is 9.31. The van der Waals surface area contributed by atoms with Crippen LogP contribution in [0.1, 0.15) is 11.1 Å². The molecule has 0 amide bonds. The molecule has 7 heteroatoms. The summed E-state index contributed by atoms with van der Waals surface area (Å²) in [5.74, 6) is 2.02. The number of methoxy groups -OCH3 is 1.